The number of hydrazone groups is 1. The summed E-state index contributed by atoms with van der Waals surface area (Å²) in [6, 6.07) is 5.69. The topological polar surface area (TPSA) is 96.9 Å². The number of benzene rings is 1. The van der Waals surface area contributed by atoms with E-state index in [-0.39, 0.29) is 24.5 Å². The number of aryl methyl sites for hydroxylation is 2. The maximum absolute atomic E-state index is 11.8. The number of ether oxygens (including phenoxy) is 1. The summed E-state index contributed by atoms with van der Waals surface area (Å²) in [5.74, 6) is -1.37. The molecule has 0 aliphatic carbocycles. The van der Waals surface area contributed by atoms with Crippen LogP contribution in [-0.2, 0) is 19.1 Å². The number of carbonyl (C=O) groups is 3. The molecular formula is C15H17N3O4. The zero-order valence-corrected chi connectivity index (χ0v) is 12.4. The van der Waals surface area contributed by atoms with Crippen molar-refractivity contribution >= 4 is 29.2 Å². The third-order valence-corrected chi connectivity index (χ3v) is 3.14. The van der Waals surface area contributed by atoms with Gasteiger partial charge in [-0.25, -0.2) is 10.2 Å². The van der Waals surface area contributed by atoms with E-state index in [0.717, 1.165) is 11.1 Å². The van der Waals surface area contributed by atoms with Crippen molar-refractivity contribution in [1.82, 2.24) is 5.43 Å². The monoisotopic (exact) mass is 303 g/mol. The van der Waals surface area contributed by atoms with Crippen molar-refractivity contribution < 1.29 is 19.1 Å². The van der Waals surface area contributed by atoms with Gasteiger partial charge >= 0.3 is 5.97 Å². The molecule has 0 bridgehead atoms. The van der Waals surface area contributed by atoms with Gasteiger partial charge in [-0.05, 0) is 31.0 Å². The lowest BCUT2D eigenvalue weighted by Crippen LogP contribution is -2.32. The Labute approximate surface area is 127 Å². The highest BCUT2D eigenvalue weighted by Crippen LogP contribution is 2.16. The first-order valence-electron chi connectivity index (χ1n) is 6.85. The highest BCUT2D eigenvalue weighted by molar-refractivity contribution is 6.37. The molecule has 0 saturated heterocycles. The van der Waals surface area contributed by atoms with E-state index in [0.29, 0.717) is 5.69 Å². The number of anilines is 1. The molecule has 1 aromatic rings. The molecule has 116 valence electrons. The van der Waals surface area contributed by atoms with Gasteiger partial charge in [0.25, 0.3) is 5.91 Å². The maximum Gasteiger partial charge on any atom is 0.355 e. The Morgan fingerprint density at radius 2 is 2.09 bits per heavy atom. The number of nitrogens with one attached hydrogen (secondary N) is 2. The summed E-state index contributed by atoms with van der Waals surface area (Å²) in [7, 11) is 0. The van der Waals surface area contributed by atoms with E-state index >= 15 is 0 Å². The molecular weight excluding hydrogens is 286 g/mol. The number of rotatable bonds is 4. The van der Waals surface area contributed by atoms with Crippen LogP contribution >= 0.6 is 0 Å². The van der Waals surface area contributed by atoms with Crippen molar-refractivity contribution in [1.29, 1.82) is 0 Å². The molecule has 7 nitrogen and oxygen atoms in total. The standard InChI is InChI=1S/C15H17N3O4/c1-9-3-4-10(2)12(7-9)16-14(20)8-22-15(21)11-5-6-13(19)18-17-11/h3-4,7H,5-6,8H2,1-2H3,(H,16,20)(H,18,19). The van der Waals surface area contributed by atoms with Crippen molar-refractivity contribution in [3.05, 3.63) is 29.3 Å². The summed E-state index contributed by atoms with van der Waals surface area (Å²) < 4.78 is 4.89. The molecule has 7 heteroatoms. The zero-order valence-electron chi connectivity index (χ0n) is 12.4. The molecule has 0 atom stereocenters. The minimum Gasteiger partial charge on any atom is -0.451 e. The van der Waals surface area contributed by atoms with Crippen LogP contribution in [0.2, 0.25) is 0 Å². The third kappa shape index (κ3) is 4.15. The zero-order chi connectivity index (χ0) is 16.1. The van der Waals surface area contributed by atoms with E-state index in [1.165, 1.54) is 0 Å². The number of hydrogen-bond acceptors (Lipinski definition) is 5. The number of amides is 2. The van der Waals surface area contributed by atoms with Gasteiger partial charge in [0.05, 0.1) is 0 Å². The van der Waals surface area contributed by atoms with Crippen LogP contribution in [0.3, 0.4) is 0 Å². The molecule has 0 aromatic heterocycles. The quantitative estimate of drug-likeness (QED) is 0.812. The van der Waals surface area contributed by atoms with Gasteiger partial charge in [0.15, 0.2) is 6.61 Å². The number of esters is 1. The second kappa shape index (κ2) is 6.84. The average Bonchev–Trinajstić information content (AvgIpc) is 2.49. The lowest BCUT2D eigenvalue weighted by Gasteiger charge is -2.12. The highest BCUT2D eigenvalue weighted by Gasteiger charge is 2.20. The maximum atomic E-state index is 11.8. The van der Waals surface area contributed by atoms with Crippen LogP contribution in [0, 0.1) is 13.8 Å². The average molecular weight is 303 g/mol. The Hall–Kier alpha value is -2.70. The van der Waals surface area contributed by atoms with Gasteiger partial charge in [0.1, 0.15) is 5.71 Å². The largest absolute Gasteiger partial charge is 0.451 e. The molecule has 2 amide bonds. The molecule has 22 heavy (non-hydrogen) atoms. The van der Waals surface area contributed by atoms with Crippen LogP contribution in [0.15, 0.2) is 23.3 Å². The van der Waals surface area contributed by atoms with E-state index in [4.69, 9.17) is 4.74 Å². The smallest absolute Gasteiger partial charge is 0.355 e. The Bertz CT molecular complexity index is 652. The van der Waals surface area contributed by atoms with Crippen LogP contribution in [0.25, 0.3) is 0 Å². The summed E-state index contributed by atoms with van der Waals surface area (Å²) in [6.45, 7) is 3.39. The van der Waals surface area contributed by atoms with Gasteiger partial charge in [-0.2, -0.15) is 5.10 Å². The normalized spacial score (nSPS) is 13.9. The SMILES string of the molecule is Cc1ccc(C)c(NC(=O)COC(=O)C2=NNC(=O)CC2)c1. The lowest BCUT2D eigenvalue weighted by molar-refractivity contribution is -0.140. The molecule has 0 saturated carbocycles. The summed E-state index contributed by atoms with van der Waals surface area (Å²) in [4.78, 5) is 34.4. The van der Waals surface area contributed by atoms with E-state index in [2.05, 4.69) is 15.8 Å². The Morgan fingerprint density at radius 3 is 2.77 bits per heavy atom. The minimum atomic E-state index is -0.698. The fraction of sp³-hybridized carbons (Fsp3) is 0.333. The first-order valence-corrected chi connectivity index (χ1v) is 6.85. The Kier molecular flexibility index (Phi) is 4.88. The molecule has 1 aliphatic heterocycles. The fourth-order valence-corrected chi connectivity index (χ4v) is 1.89. The number of nitrogens with zero attached hydrogens (tertiary/aromatic N) is 1. The van der Waals surface area contributed by atoms with Crippen molar-refractivity contribution in [2.24, 2.45) is 5.10 Å². The van der Waals surface area contributed by atoms with E-state index in [9.17, 15) is 14.4 Å². The second-order valence-electron chi connectivity index (χ2n) is 5.04. The van der Waals surface area contributed by atoms with Crippen molar-refractivity contribution in [2.75, 3.05) is 11.9 Å². The number of carbonyl (C=O) groups excluding carboxylic acids is 3. The third-order valence-electron chi connectivity index (χ3n) is 3.14. The summed E-state index contributed by atoms with van der Waals surface area (Å²) in [5, 5.41) is 6.30. The van der Waals surface area contributed by atoms with Gasteiger partial charge in [-0.3, -0.25) is 9.59 Å². The van der Waals surface area contributed by atoms with Crippen LogP contribution < -0.4 is 10.7 Å². The Morgan fingerprint density at radius 1 is 1.32 bits per heavy atom. The molecule has 0 unspecified atom stereocenters. The van der Waals surface area contributed by atoms with Gasteiger partial charge in [0, 0.05) is 18.5 Å². The molecule has 0 fully saturated rings. The first kappa shape index (κ1) is 15.7. The summed E-state index contributed by atoms with van der Waals surface area (Å²) in [5.41, 5.74) is 4.94. The molecule has 0 radical (unpaired) electrons. The van der Waals surface area contributed by atoms with E-state index in [1.54, 1.807) is 0 Å². The molecule has 1 aliphatic rings. The summed E-state index contributed by atoms with van der Waals surface area (Å²) in [6.07, 6.45) is 0.395. The summed E-state index contributed by atoms with van der Waals surface area (Å²) >= 11 is 0. The fourth-order valence-electron chi connectivity index (χ4n) is 1.89. The van der Waals surface area contributed by atoms with Crippen molar-refractivity contribution in [3.63, 3.8) is 0 Å². The van der Waals surface area contributed by atoms with Crippen molar-refractivity contribution in [3.8, 4) is 0 Å². The van der Waals surface area contributed by atoms with E-state index in [1.807, 2.05) is 32.0 Å². The molecule has 2 N–H and O–H groups in total. The predicted molar refractivity (Wildman–Crippen MR) is 80.3 cm³/mol. The van der Waals surface area contributed by atoms with Crippen LogP contribution in [-0.4, -0.2) is 30.1 Å². The highest BCUT2D eigenvalue weighted by atomic mass is 16.5. The van der Waals surface area contributed by atoms with Crippen LogP contribution in [0.4, 0.5) is 5.69 Å². The van der Waals surface area contributed by atoms with E-state index < -0.39 is 18.5 Å². The van der Waals surface area contributed by atoms with Gasteiger partial charge < -0.3 is 10.1 Å². The van der Waals surface area contributed by atoms with Crippen molar-refractivity contribution in [2.45, 2.75) is 26.7 Å². The van der Waals surface area contributed by atoms with Gasteiger partial charge in [-0.15, -0.1) is 0 Å². The van der Waals surface area contributed by atoms with Crippen LogP contribution in [0.1, 0.15) is 24.0 Å². The molecule has 1 heterocycles. The molecule has 2 rings (SSSR count). The number of hydrogen-bond donors (Lipinski definition) is 2. The second-order valence-corrected chi connectivity index (χ2v) is 5.04. The predicted octanol–water partition coefficient (Wildman–Crippen LogP) is 1.05. The molecule has 0 spiro atoms. The minimum absolute atomic E-state index is 0.110. The van der Waals surface area contributed by atoms with Gasteiger partial charge in [-0.1, -0.05) is 12.1 Å². The van der Waals surface area contributed by atoms with Gasteiger partial charge in [0.2, 0.25) is 5.91 Å². The first-order chi connectivity index (χ1) is 10.5. The molecule has 1 aromatic carbocycles. The Balaban J connectivity index is 1.86. The lowest BCUT2D eigenvalue weighted by atomic mass is 10.1. The van der Waals surface area contributed by atoms with Crippen LogP contribution in [0.5, 0.6) is 0 Å².